The van der Waals surface area contributed by atoms with E-state index in [1.807, 2.05) is 42.8 Å². The summed E-state index contributed by atoms with van der Waals surface area (Å²) in [5.74, 6) is -0.614. The molecule has 2 N–H and O–H groups in total. The van der Waals surface area contributed by atoms with Crippen LogP contribution >= 0.6 is 0 Å². The smallest absolute Gasteiger partial charge is 0.321 e. The van der Waals surface area contributed by atoms with E-state index in [2.05, 4.69) is 60.9 Å². The van der Waals surface area contributed by atoms with Crippen molar-refractivity contribution in [2.75, 3.05) is 31.6 Å². The van der Waals surface area contributed by atoms with Gasteiger partial charge in [-0.25, -0.2) is 9.18 Å². The number of nitrogens with one attached hydrogen (secondary N) is 2. The number of carbonyl (C=O) groups excluding carboxylic acids is 2. The summed E-state index contributed by atoms with van der Waals surface area (Å²) in [6, 6.07) is 16.2. The van der Waals surface area contributed by atoms with Crippen molar-refractivity contribution in [3.8, 4) is 11.1 Å². The number of fused-ring (bicyclic) bond motifs is 5. The quantitative estimate of drug-likeness (QED) is 0.370. The lowest BCUT2D eigenvalue weighted by Gasteiger charge is -2.34. The van der Waals surface area contributed by atoms with E-state index in [1.54, 1.807) is 17.0 Å². The molecule has 3 aromatic rings. The number of ketones is 1. The molecule has 1 unspecified atom stereocenters. The van der Waals surface area contributed by atoms with Crippen molar-refractivity contribution in [2.45, 2.75) is 32.1 Å². The summed E-state index contributed by atoms with van der Waals surface area (Å²) in [7, 11) is 0. The molecule has 1 saturated heterocycles. The van der Waals surface area contributed by atoms with Gasteiger partial charge in [-0.05, 0) is 99.5 Å². The molecular formula is C38H38FN3O3. The first-order valence-corrected chi connectivity index (χ1v) is 15.5. The summed E-state index contributed by atoms with van der Waals surface area (Å²) >= 11 is 0. The van der Waals surface area contributed by atoms with Crippen LogP contribution in [0.3, 0.4) is 0 Å². The lowest BCUT2D eigenvalue weighted by molar-refractivity contribution is 0.0564. The Labute approximate surface area is 263 Å². The number of benzene rings is 3. The van der Waals surface area contributed by atoms with E-state index in [1.165, 1.54) is 23.3 Å². The second-order valence-corrected chi connectivity index (χ2v) is 12.3. The maximum Gasteiger partial charge on any atom is 0.321 e. The van der Waals surface area contributed by atoms with Crippen LogP contribution in [-0.2, 0) is 16.6 Å². The van der Waals surface area contributed by atoms with Crippen molar-refractivity contribution in [3.05, 3.63) is 124 Å². The summed E-state index contributed by atoms with van der Waals surface area (Å²) in [4.78, 5) is 28.0. The number of halogens is 1. The number of allylic oxidation sites excluding steroid dienone is 4. The van der Waals surface area contributed by atoms with Crippen molar-refractivity contribution < 1.29 is 18.7 Å². The van der Waals surface area contributed by atoms with E-state index >= 15 is 0 Å². The molecule has 0 bridgehead atoms. The predicted molar refractivity (Wildman–Crippen MR) is 178 cm³/mol. The molecule has 45 heavy (non-hydrogen) atoms. The molecule has 7 rings (SSSR count). The van der Waals surface area contributed by atoms with Crippen molar-refractivity contribution in [3.63, 3.8) is 0 Å². The molecule has 0 spiro atoms. The number of ether oxygens (including phenoxy) is 1. The van der Waals surface area contributed by atoms with Crippen molar-refractivity contribution >= 4 is 29.7 Å². The topological polar surface area (TPSA) is 70.7 Å². The monoisotopic (exact) mass is 603 g/mol. The van der Waals surface area contributed by atoms with Gasteiger partial charge in [0.1, 0.15) is 5.82 Å². The number of anilines is 1. The third kappa shape index (κ3) is 6.69. The number of amides is 2. The van der Waals surface area contributed by atoms with Gasteiger partial charge in [-0.15, -0.1) is 0 Å². The number of hydrogen-bond donors (Lipinski definition) is 2. The summed E-state index contributed by atoms with van der Waals surface area (Å²) in [5, 5.41) is 8.22. The molecule has 0 saturated carbocycles. The minimum Gasteiger partial charge on any atom is -0.378 e. The van der Waals surface area contributed by atoms with Crippen LogP contribution in [0.2, 0.25) is 0 Å². The Morgan fingerprint density at radius 1 is 0.911 bits per heavy atom. The zero-order valence-electron chi connectivity index (χ0n) is 25.7. The molecule has 1 fully saturated rings. The molecular weight excluding hydrogens is 565 g/mol. The lowest BCUT2D eigenvalue weighted by Crippen LogP contribution is -2.43. The van der Waals surface area contributed by atoms with Gasteiger partial charge in [0.05, 0.1) is 13.2 Å². The SMILES string of the molecule is C1=CC=CNC=C1.CC1(C)CC(C(=O)c2ccc(F)cc2)C=c2c1ccc1c2=CCc2ccc(NC(=O)N3CCOCC3)cc2-1. The normalized spacial score (nSPS) is 18.7. The summed E-state index contributed by atoms with van der Waals surface area (Å²) in [6.07, 6.45) is 17.4. The number of nitrogens with zero attached hydrogens (tertiary/aromatic N) is 1. The molecule has 3 aromatic carbocycles. The Balaban J connectivity index is 0.000000452. The van der Waals surface area contributed by atoms with E-state index in [-0.39, 0.29) is 29.0 Å². The van der Waals surface area contributed by atoms with Crippen LogP contribution in [0.25, 0.3) is 23.3 Å². The summed E-state index contributed by atoms with van der Waals surface area (Å²) in [5.41, 5.74) is 5.75. The maximum absolute atomic E-state index is 13.5. The Morgan fingerprint density at radius 2 is 1.64 bits per heavy atom. The molecule has 6 nitrogen and oxygen atoms in total. The number of urea groups is 1. The van der Waals surface area contributed by atoms with Crippen LogP contribution in [0.15, 0.2) is 91.3 Å². The molecule has 7 heteroatoms. The summed E-state index contributed by atoms with van der Waals surface area (Å²) < 4.78 is 18.8. The minimum atomic E-state index is -0.345. The number of carbonyl (C=O) groups is 2. The molecule has 2 heterocycles. The first kappa shape index (κ1) is 30.3. The van der Waals surface area contributed by atoms with Gasteiger partial charge in [-0.2, -0.15) is 0 Å². The molecule has 0 radical (unpaired) electrons. The zero-order valence-corrected chi connectivity index (χ0v) is 25.7. The van der Waals surface area contributed by atoms with Crippen LogP contribution in [0.1, 0.15) is 41.8 Å². The standard InChI is InChI=1S/C32H31FN2O3.C6H7N/c1-32(2)19-22(30(36)21-3-7-23(33)8-4-21)17-28-26-10-6-20-5-9-24(18-27(20)25(26)11-12-29(28)32)34-31(37)35-13-15-38-16-14-35;1-2-4-6-7-5-3-1/h3-5,7-12,17-18,22H,6,13-16,19H2,1-2H3,(H,34,37);1-7H. The average molecular weight is 604 g/mol. The number of Topliss-reactive ketones (excluding diaryl/α,β-unsaturated/α-hetero) is 1. The molecule has 2 aliphatic heterocycles. The molecule has 2 aliphatic carbocycles. The van der Waals surface area contributed by atoms with Crippen molar-refractivity contribution in [1.82, 2.24) is 10.2 Å². The van der Waals surface area contributed by atoms with Gasteiger partial charge in [0, 0.05) is 42.7 Å². The highest BCUT2D eigenvalue weighted by atomic mass is 19.1. The fourth-order valence-corrected chi connectivity index (χ4v) is 6.45. The maximum atomic E-state index is 13.5. The average Bonchev–Trinajstić information content (AvgIpc) is 3.38. The Hall–Kier alpha value is -4.75. The molecule has 0 aromatic heterocycles. The van der Waals surface area contributed by atoms with Crippen LogP contribution in [0, 0.1) is 11.7 Å². The van der Waals surface area contributed by atoms with E-state index in [0.717, 1.165) is 33.7 Å². The zero-order chi connectivity index (χ0) is 31.4. The van der Waals surface area contributed by atoms with E-state index < -0.39 is 0 Å². The van der Waals surface area contributed by atoms with E-state index in [9.17, 15) is 14.0 Å². The highest BCUT2D eigenvalue weighted by Crippen LogP contribution is 2.35. The van der Waals surface area contributed by atoms with Gasteiger partial charge >= 0.3 is 6.03 Å². The van der Waals surface area contributed by atoms with Crippen LogP contribution in [0.4, 0.5) is 14.9 Å². The lowest BCUT2D eigenvalue weighted by atomic mass is 9.69. The highest BCUT2D eigenvalue weighted by molar-refractivity contribution is 6.01. The first-order valence-electron chi connectivity index (χ1n) is 15.5. The van der Waals surface area contributed by atoms with E-state index in [4.69, 9.17) is 4.74 Å². The molecule has 4 aliphatic rings. The molecule has 1 atom stereocenters. The van der Waals surface area contributed by atoms with Gasteiger partial charge in [-0.3, -0.25) is 4.79 Å². The Morgan fingerprint density at radius 3 is 2.38 bits per heavy atom. The molecule has 230 valence electrons. The van der Waals surface area contributed by atoms with E-state index in [0.29, 0.717) is 38.3 Å². The van der Waals surface area contributed by atoms with Crippen LogP contribution < -0.4 is 21.1 Å². The number of hydrogen-bond acceptors (Lipinski definition) is 4. The third-order valence-corrected chi connectivity index (χ3v) is 8.77. The van der Waals surface area contributed by atoms with Gasteiger partial charge in [0.2, 0.25) is 0 Å². The number of morpholine rings is 1. The second kappa shape index (κ2) is 13.1. The molecule has 2 amide bonds. The predicted octanol–water partition coefficient (Wildman–Crippen LogP) is 5.83. The fourth-order valence-electron chi connectivity index (χ4n) is 6.45. The fraction of sp³-hybridized carbons (Fsp3) is 0.263. The van der Waals surface area contributed by atoms with Gasteiger partial charge < -0.3 is 20.3 Å². The van der Waals surface area contributed by atoms with Gasteiger partial charge in [-0.1, -0.05) is 56.4 Å². The Bertz CT molecular complexity index is 1800. The van der Waals surface area contributed by atoms with Crippen molar-refractivity contribution in [1.29, 1.82) is 0 Å². The highest BCUT2D eigenvalue weighted by Gasteiger charge is 2.34. The summed E-state index contributed by atoms with van der Waals surface area (Å²) in [6.45, 7) is 6.67. The third-order valence-electron chi connectivity index (χ3n) is 8.77. The van der Waals surface area contributed by atoms with Crippen LogP contribution in [-0.4, -0.2) is 43.0 Å². The van der Waals surface area contributed by atoms with Gasteiger partial charge in [0.15, 0.2) is 5.78 Å². The minimum absolute atomic E-state index is 0.0191. The number of rotatable bonds is 3. The first-order chi connectivity index (χ1) is 21.8. The van der Waals surface area contributed by atoms with Gasteiger partial charge in [0.25, 0.3) is 0 Å². The van der Waals surface area contributed by atoms with Crippen LogP contribution in [0.5, 0.6) is 0 Å². The largest absolute Gasteiger partial charge is 0.378 e. The second-order valence-electron chi connectivity index (χ2n) is 12.3. The Kier molecular flexibility index (Phi) is 8.80. The van der Waals surface area contributed by atoms with Crippen molar-refractivity contribution in [2.24, 2.45) is 5.92 Å².